The molecule has 1 aliphatic carbocycles. The molecule has 1 aromatic rings. The third kappa shape index (κ3) is 3.48. The third-order valence-electron chi connectivity index (χ3n) is 3.20. The number of halogens is 3. The number of anilines is 2. The molecule has 110 valence electrons. The van der Waals surface area contributed by atoms with Gasteiger partial charge in [0, 0.05) is 16.4 Å². The van der Waals surface area contributed by atoms with Crippen molar-refractivity contribution in [1.29, 1.82) is 0 Å². The first-order valence-corrected chi connectivity index (χ1v) is 7.36. The highest BCUT2D eigenvalue weighted by molar-refractivity contribution is 9.10. The zero-order valence-corrected chi connectivity index (χ0v) is 12.9. The summed E-state index contributed by atoms with van der Waals surface area (Å²) in [6.07, 6.45) is -0.470. The molecule has 0 spiro atoms. The van der Waals surface area contributed by atoms with Gasteiger partial charge in [-0.3, -0.25) is 4.79 Å². The number of nitrogens with one attached hydrogen (secondary N) is 2. The fourth-order valence-electron chi connectivity index (χ4n) is 2.11. The average Bonchev–Trinajstić information content (AvgIpc) is 2.28. The van der Waals surface area contributed by atoms with Crippen molar-refractivity contribution in [2.75, 3.05) is 10.6 Å². The molecular weight excluding hydrogens is 330 g/mol. The summed E-state index contributed by atoms with van der Waals surface area (Å²) < 4.78 is 27.4. The van der Waals surface area contributed by atoms with Crippen LogP contribution in [0.25, 0.3) is 0 Å². The molecule has 1 fully saturated rings. The molecule has 0 unspecified atom stereocenters. The van der Waals surface area contributed by atoms with Gasteiger partial charge in [-0.15, -0.1) is 0 Å². The lowest BCUT2D eigenvalue weighted by Crippen LogP contribution is -2.35. The summed E-state index contributed by atoms with van der Waals surface area (Å²) in [6.45, 7) is 3.84. The van der Waals surface area contributed by atoms with Crippen LogP contribution in [0.5, 0.6) is 0 Å². The molecule has 20 heavy (non-hydrogen) atoms. The number of carbonyl (C=O) groups excluding carboxylic acids is 1. The van der Waals surface area contributed by atoms with Crippen LogP contribution in [0.1, 0.15) is 26.7 Å². The van der Waals surface area contributed by atoms with Crippen molar-refractivity contribution >= 4 is 33.2 Å². The van der Waals surface area contributed by atoms with Crippen LogP contribution < -0.4 is 10.6 Å². The van der Waals surface area contributed by atoms with Gasteiger partial charge in [0.1, 0.15) is 17.7 Å². The average molecular weight is 347 g/mol. The van der Waals surface area contributed by atoms with Crippen LogP contribution in [0.15, 0.2) is 16.6 Å². The second kappa shape index (κ2) is 6.08. The fraction of sp³-hybridized carbons (Fsp3) is 0.500. The van der Waals surface area contributed by atoms with E-state index in [1.165, 1.54) is 6.07 Å². The molecule has 2 rings (SSSR count). The molecule has 3 nitrogen and oxygen atoms in total. The highest BCUT2D eigenvalue weighted by Crippen LogP contribution is 2.34. The summed E-state index contributed by atoms with van der Waals surface area (Å²) in [5.41, 5.74) is 0.630. The molecule has 1 aliphatic rings. The smallest absolute Gasteiger partial charge is 0.227 e. The van der Waals surface area contributed by atoms with E-state index in [1.54, 1.807) is 6.07 Å². The molecule has 1 aromatic carbocycles. The van der Waals surface area contributed by atoms with Gasteiger partial charge in [-0.05, 0) is 38.8 Å². The van der Waals surface area contributed by atoms with Crippen molar-refractivity contribution in [2.45, 2.75) is 38.9 Å². The lowest BCUT2D eigenvalue weighted by Gasteiger charge is -2.28. The van der Waals surface area contributed by atoms with Crippen LogP contribution in [0.2, 0.25) is 0 Å². The van der Waals surface area contributed by atoms with Gasteiger partial charge in [-0.25, -0.2) is 8.78 Å². The van der Waals surface area contributed by atoms with Crippen LogP contribution >= 0.6 is 15.9 Å². The van der Waals surface area contributed by atoms with Crippen LogP contribution in [0, 0.1) is 11.7 Å². The number of hydrogen-bond donors (Lipinski definition) is 2. The molecule has 0 bridgehead atoms. The van der Waals surface area contributed by atoms with Gasteiger partial charge >= 0.3 is 0 Å². The van der Waals surface area contributed by atoms with E-state index in [-0.39, 0.29) is 36.4 Å². The van der Waals surface area contributed by atoms with E-state index in [9.17, 15) is 13.6 Å². The quantitative estimate of drug-likeness (QED) is 0.861. The van der Waals surface area contributed by atoms with Crippen molar-refractivity contribution < 1.29 is 13.6 Å². The second-order valence-corrected chi connectivity index (χ2v) is 6.28. The summed E-state index contributed by atoms with van der Waals surface area (Å²) in [7, 11) is 0. The van der Waals surface area contributed by atoms with Gasteiger partial charge < -0.3 is 10.6 Å². The molecule has 0 aliphatic heterocycles. The number of alkyl halides is 1. The number of hydrogen-bond acceptors (Lipinski definition) is 2. The van der Waals surface area contributed by atoms with E-state index >= 15 is 0 Å². The Morgan fingerprint density at radius 2 is 2.05 bits per heavy atom. The summed E-state index contributed by atoms with van der Waals surface area (Å²) in [6, 6.07) is 3.09. The minimum atomic E-state index is -0.909. The van der Waals surface area contributed by atoms with Crippen LogP contribution in [-0.2, 0) is 4.79 Å². The molecule has 6 heteroatoms. The van der Waals surface area contributed by atoms with Gasteiger partial charge in [-0.1, -0.05) is 15.9 Å². The third-order valence-corrected chi connectivity index (χ3v) is 3.66. The van der Waals surface area contributed by atoms with Gasteiger partial charge in [0.25, 0.3) is 0 Å². The van der Waals surface area contributed by atoms with E-state index in [0.29, 0.717) is 10.2 Å². The SMILES string of the molecule is CC(C)Nc1cc(Br)cc(F)c1NC(=O)C1CC(F)C1. The Bertz CT molecular complexity index is 516. The predicted octanol–water partition coefficient (Wildman–Crippen LogP) is 4.10. The van der Waals surface area contributed by atoms with Crippen molar-refractivity contribution in [3.8, 4) is 0 Å². The van der Waals surface area contributed by atoms with Crippen LogP contribution in [0.4, 0.5) is 20.2 Å². The van der Waals surface area contributed by atoms with Gasteiger partial charge in [-0.2, -0.15) is 0 Å². The maximum absolute atomic E-state index is 14.0. The molecule has 1 amide bonds. The first kappa shape index (κ1) is 15.2. The minimum Gasteiger partial charge on any atom is -0.381 e. The summed E-state index contributed by atoms with van der Waals surface area (Å²) in [5.74, 6) is -1.21. The number of benzene rings is 1. The van der Waals surface area contributed by atoms with E-state index in [1.807, 2.05) is 13.8 Å². The Morgan fingerprint density at radius 1 is 1.40 bits per heavy atom. The zero-order chi connectivity index (χ0) is 14.9. The molecule has 0 heterocycles. The van der Waals surface area contributed by atoms with Gasteiger partial charge in [0.05, 0.1) is 5.69 Å². The van der Waals surface area contributed by atoms with E-state index in [4.69, 9.17) is 0 Å². The standard InChI is InChI=1S/C14H17BrF2N2O/c1-7(2)18-12-6-9(15)5-11(17)13(12)19-14(20)8-3-10(16)4-8/h5-8,10,18H,3-4H2,1-2H3,(H,19,20). The monoisotopic (exact) mass is 346 g/mol. The first-order chi connectivity index (χ1) is 9.36. The Kier molecular flexibility index (Phi) is 4.62. The first-order valence-electron chi connectivity index (χ1n) is 6.57. The van der Waals surface area contributed by atoms with Crippen molar-refractivity contribution in [3.05, 3.63) is 22.4 Å². The lowest BCUT2D eigenvalue weighted by molar-refractivity contribution is -0.124. The summed E-state index contributed by atoms with van der Waals surface area (Å²) in [4.78, 5) is 11.9. The van der Waals surface area contributed by atoms with Crippen molar-refractivity contribution in [1.82, 2.24) is 0 Å². The summed E-state index contributed by atoms with van der Waals surface area (Å²) in [5, 5.41) is 5.66. The summed E-state index contributed by atoms with van der Waals surface area (Å²) >= 11 is 3.22. The fourth-order valence-corrected chi connectivity index (χ4v) is 2.54. The Morgan fingerprint density at radius 3 is 2.60 bits per heavy atom. The second-order valence-electron chi connectivity index (χ2n) is 5.36. The van der Waals surface area contributed by atoms with E-state index in [0.717, 1.165) is 0 Å². The molecule has 0 saturated heterocycles. The molecule has 0 aromatic heterocycles. The lowest BCUT2D eigenvalue weighted by atomic mass is 9.83. The maximum atomic E-state index is 14.0. The molecule has 0 atom stereocenters. The molecule has 1 saturated carbocycles. The van der Waals surface area contributed by atoms with Crippen molar-refractivity contribution in [2.24, 2.45) is 5.92 Å². The van der Waals surface area contributed by atoms with Crippen LogP contribution in [-0.4, -0.2) is 18.1 Å². The number of amides is 1. The van der Waals surface area contributed by atoms with Gasteiger partial charge in [0.15, 0.2) is 0 Å². The normalized spacial score (nSPS) is 21.5. The maximum Gasteiger partial charge on any atom is 0.227 e. The molecule has 2 N–H and O–H groups in total. The topological polar surface area (TPSA) is 41.1 Å². The zero-order valence-electron chi connectivity index (χ0n) is 11.3. The minimum absolute atomic E-state index is 0.0956. The highest BCUT2D eigenvalue weighted by atomic mass is 79.9. The van der Waals surface area contributed by atoms with E-state index < -0.39 is 12.0 Å². The molecular formula is C14H17BrF2N2O. The Hall–Kier alpha value is -1.17. The van der Waals surface area contributed by atoms with E-state index in [2.05, 4.69) is 26.6 Å². The predicted molar refractivity (Wildman–Crippen MR) is 79.1 cm³/mol. The Labute approximate surface area is 125 Å². The van der Waals surface area contributed by atoms with Gasteiger partial charge in [0.2, 0.25) is 5.91 Å². The molecule has 0 radical (unpaired) electrons. The number of rotatable bonds is 4. The largest absolute Gasteiger partial charge is 0.381 e. The Balaban J connectivity index is 2.18. The highest BCUT2D eigenvalue weighted by Gasteiger charge is 2.35. The van der Waals surface area contributed by atoms with Crippen molar-refractivity contribution in [3.63, 3.8) is 0 Å². The van der Waals surface area contributed by atoms with Crippen LogP contribution in [0.3, 0.4) is 0 Å². The number of carbonyl (C=O) groups is 1.